The normalized spacial score (nSPS) is 11.6. The van der Waals surface area contributed by atoms with Crippen LogP contribution in [-0.4, -0.2) is 54.8 Å². The van der Waals surface area contributed by atoms with E-state index in [1.807, 2.05) is 12.1 Å². The van der Waals surface area contributed by atoms with Gasteiger partial charge in [0.05, 0.1) is 38.9 Å². The first kappa shape index (κ1) is 25.3. The van der Waals surface area contributed by atoms with Gasteiger partial charge in [0, 0.05) is 32.1 Å². The lowest BCUT2D eigenvalue weighted by atomic mass is 10.0. The number of rotatable bonds is 8. The number of allylic oxidation sites excluding steroid dienone is 1. The fraction of sp³-hybridized carbons (Fsp3) is 0.217. The number of thiazole rings is 1. The Kier molecular flexibility index (Phi) is 9.14. The van der Waals surface area contributed by atoms with Gasteiger partial charge in [0.25, 0.3) is 0 Å². The Balaban J connectivity index is 0.00000158. The van der Waals surface area contributed by atoms with E-state index >= 15 is 4.39 Å². The number of hydrogen-bond acceptors (Lipinski definition) is 10. The predicted octanol–water partition coefficient (Wildman–Crippen LogP) is 4.69. The molecule has 0 atom stereocenters. The molecule has 0 bridgehead atoms. The first-order valence-corrected chi connectivity index (χ1v) is 11.9. The summed E-state index contributed by atoms with van der Waals surface area (Å²) in [6.07, 6.45) is 6.23. The lowest BCUT2D eigenvalue weighted by molar-refractivity contribution is 0.147. The number of hydrogen-bond donors (Lipinski definition) is 3. The monoisotopic (exact) mass is 500 g/mol. The molecule has 178 valence electrons. The molecular weight excluding hydrogens is 475 g/mol. The summed E-state index contributed by atoms with van der Waals surface area (Å²) >= 11 is 4.77. The van der Waals surface area contributed by atoms with Crippen LogP contribution in [0.1, 0.15) is 5.56 Å². The van der Waals surface area contributed by atoms with Crippen molar-refractivity contribution in [3.05, 3.63) is 53.7 Å². The summed E-state index contributed by atoms with van der Waals surface area (Å²) < 4.78 is 26.6. The minimum atomic E-state index is -0.386. The zero-order valence-corrected chi connectivity index (χ0v) is 20.7. The average Bonchev–Trinajstić information content (AvgIpc) is 3.35. The zero-order chi connectivity index (χ0) is 24.5. The van der Waals surface area contributed by atoms with Crippen LogP contribution in [-0.2, 0) is 4.74 Å². The number of ether oxygens (including phenoxy) is 2. The highest BCUT2D eigenvalue weighted by molar-refractivity contribution is 7.79. The molecule has 0 spiro atoms. The van der Waals surface area contributed by atoms with Gasteiger partial charge in [-0.1, -0.05) is 0 Å². The minimum Gasteiger partial charge on any atom is -0.490 e. The Labute approximate surface area is 206 Å². The molecule has 8 nitrogen and oxygen atoms in total. The molecule has 0 fully saturated rings. The lowest BCUT2D eigenvalue weighted by Crippen LogP contribution is -2.07. The number of halogens is 1. The van der Waals surface area contributed by atoms with E-state index in [1.165, 1.54) is 23.9 Å². The predicted molar refractivity (Wildman–Crippen MR) is 141 cm³/mol. The molecule has 0 saturated carbocycles. The number of aliphatic imine (C=N–C) groups is 1. The first-order valence-electron chi connectivity index (χ1n) is 10.1. The maximum Gasteiger partial charge on any atom is 0.166 e. The van der Waals surface area contributed by atoms with Gasteiger partial charge in [0.1, 0.15) is 24.5 Å². The second-order valence-electron chi connectivity index (χ2n) is 6.69. The van der Waals surface area contributed by atoms with Crippen molar-refractivity contribution >= 4 is 68.4 Å². The minimum absolute atomic E-state index is 0.286. The van der Waals surface area contributed by atoms with Crippen molar-refractivity contribution < 1.29 is 13.9 Å². The molecule has 0 aliphatic heterocycles. The van der Waals surface area contributed by atoms with Gasteiger partial charge in [-0.15, -0.1) is 11.3 Å². The summed E-state index contributed by atoms with van der Waals surface area (Å²) in [4.78, 5) is 16.9. The van der Waals surface area contributed by atoms with Gasteiger partial charge in [-0.2, -0.15) is 12.6 Å². The van der Waals surface area contributed by atoms with Crippen LogP contribution in [0.15, 0.2) is 47.3 Å². The van der Waals surface area contributed by atoms with Crippen molar-refractivity contribution in [3.8, 4) is 5.75 Å². The SMILES string of the molecule is CN=C/C(=C\N)c1cc(OCCOC)c2c(Nc3ccc4ncsc4c3F)ncnc2c1.CS. The van der Waals surface area contributed by atoms with Gasteiger partial charge in [-0.05, 0) is 36.1 Å². The summed E-state index contributed by atoms with van der Waals surface area (Å²) in [6, 6.07) is 7.08. The summed E-state index contributed by atoms with van der Waals surface area (Å²) in [6.45, 7) is 0.711. The molecule has 4 aromatic rings. The van der Waals surface area contributed by atoms with E-state index in [0.717, 1.165) is 5.56 Å². The lowest BCUT2D eigenvalue weighted by Gasteiger charge is -2.15. The van der Waals surface area contributed by atoms with Crippen molar-refractivity contribution in [2.45, 2.75) is 0 Å². The number of anilines is 2. The van der Waals surface area contributed by atoms with E-state index in [-0.39, 0.29) is 11.5 Å². The maximum absolute atomic E-state index is 15.0. The topological polar surface area (TPSA) is 108 Å². The Bertz CT molecular complexity index is 1330. The van der Waals surface area contributed by atoms with E-state index in [2.05, 4.69) is 37.9 Å². The van der Waals surface area contributed by atoms with Crippen molar-refractivity contribution in [3.63, 3.8) is 0 Å². The first-order chi connectivity index (χ1) is 16.7. The Morgan fingerprint density at radius 1 is 1.21 bits per heavy atom. The largest absolute Gasteiger partial charge is 0.490 e. The molecule has 0 aliphatic rings. The van der Waals surface area contributed by atoms with Crippen LogP contribution in [0.4, 0.5) is 15.9 Å². The maximum atomic E-state index is 15.0. The molecular formula is C23H25FN6O2S2. The fourth-order valence-electron chi connectivity index (χ4n) is 3.24. The molecule has 11 heteroatoms. The number of fused-ring (bicyclic) bond motifs is 2. The number of benzene rings is 2. The van der Waals surface area contributed by atoms with Crippen molar-refractivity contribution in [1.29, 1.82) is 0 Å². The van der Waals surface area contributed by atoms with Crippen molar-refractivity contribution in [2.75, 3.05) is 38.9 Å². The summed E-state index contributed by atoms with van der Waals surface area (Å²) in [5, 5.41) is 3.70. The van der Waals surface area contributed by atoms with Crippen LogP contribution < -0.4 is 15.8 Å². The molecule has 0 amide bonds. The number of nitrogens with one attached hydrogen (secondary N) is 1. The Morgan fingerprint density at radius 3 is 2.76 bits per heavy atom. The highest BCUT2D eigenvalue weighted by Crippen LogP contribution is 2.36. The molecule has 0 radical (unpaired) electrons. The third-order valence-electron chi connectivity index (χ3n) is 4.72. The molecule has 0 aliphatic carbocycles. The molecule has 0 saturated heterocycles. The molecule has 2 aromatic heterocycles. The zero-order valence-electron chi connectivity index (χ0n) is 18.9. The van der Waals surface area contributed by atoms with Crippen LogP contribution in [0.2, 0.25) is 0 Å². The number of nitrogens with two attached hydrogens (primary N) is 1. The Hall–Kier alpha value is -3.28. The van der Waals surface area contributed by atoms with Gasteiger partial charge in [-0.3, -0.25) is 4.99 Å². The highest BCUT2D eigenvalue weighted by atomic mass is 32.1. The van der Waals surface area contributed by atoms with E-state index in [4.69, 9.17) is 15.2 Å². The van der Waals surface area contributed by atoms with E-state index in [9.17, 15) is 0 Å². The van der Waals surface area contributed by atoms with Crippen LogP contribution in [0.3, 0.4) is 0 Å². The summed E-state index contributed by atoms with van der Waals surface area (Å²) in [7, 11) is 3.26. The second-order valence-corrected chi connectivity index (χ2v) is 7.55. The second kappa shape index (κ2) is 12.3. The quantitative estimate of drug-likeness (QED) is 0.183. The van der Waals surface area contributed by atoms with Crippen LogP contribution in [0, 0.1) is 5.82 Å². The standard InChI is InChI=1S/C22H21FN6O2S.CH4S/c1-25-10-14(9-24)13-7-17-19(18(8-13)31-6-5-30-2)22(27-11-26-17)29-15-3-4-16-21(20(15)23)32-12-28-16;1-2/h3-4,7-12H,5-6,24H2,1-2H3,(H,26,27,29);2H,1H3/b14-9+,25-10?;. The van der Waals surface area contributed by atoms with Crippen molar-refractivity contribution in [1.82, 2.24) is 15.0 Å². The van der Waals surface area contributed by atoms with Crippen LogP contribution in [0.25, 0.3) is 26.7 Å². The number of nitrogens with zero attached hydrogens (tertiary/aromatic N) is 4. The smallest absolute Gasteiger partial charge is 0.166 e. The molecule has 0 unspecified atom stereocenters. The molecule has 4 rings (SSSR count). The van der Waals surface area contributed by atoms with E-state index < -0.39 is 0 Å². The molecule has 2 heterocycles. The fourth-order valence-corrected chi connectivity index (χ4v) is 3.96. The number of aromatic nitrogens is 3. The molecule has 3 N–H and O–H groups in total. The average molecular weight is 501 g/mol. The Morgan fingerprint density at radius 2 is 2.03 bits per heavy atom. The third kappa shape index (κ3) is 5.44. The van der Waals surface area contributed by atoms with Crippen LogP contribution >= 0.6 is 24.0 Å². The number of methoxy groups -OCH3 is 1. The highest BCUT2D eigenvalue weighted by Gasteiger charge is 2.16. The number of thiol groups is 1. The van der Waals surface area contributed by atoms with E-state index in [0.29, 0.717) is 51.5 Å². The van der Waals surface area contributed by atoms with Gasteiger partial charge >= 0.3 is 0 Å². The van der Waals surface area contributed by atoms with Crippen LogP contribution in [0.5, 0.6) is 5.75 Å². The van der Waals surface area contributed by atoms with Crippen molar-refractivity contribution in [2.24, 2.45) is 10.7 Å². The molecule has 34 heavy (non-hydrogen) atoms. The van der Waals surface area contributed by atoms with Gasteiger partial charge in [-0.25, -0.2) is 19.3 Å². The van der Waals surface area contributed by atoms with E-state index in [1.54, 1.807) is 44.3 Å². The van der Waals surface area contributed by atoms with Gasteiger partial charge in [0.2, 0.25) is 0 Å². The summed E-state index contributed by atoms with van der Waals surface area (Å²) in [5.41, 5.74) is 10.4. The summed E-state index contributed by atoms with van der Waals surface area (Å²) in [5.74, 6) is 0.544. The van der Waals surface area contributed by atoms with Gasteiger partial charge < -0.3 is 20.5 Å². The third-order valence-corrected chi connectivity index (χ3v) is 5.55. The molecule has 2 aromatic carbocycles. The van der Waals surface area contributed by atoms with Gasteiger partial charge in [0.15, 0.2) is 5.82 Å².